The van der Waals surface area contributed by atoms with Gasteiger partial charge in [0.25, 0.3) is 0 Å². The first kappa shape index (κ1) is 18.0. The number of methoxy groups -OCH3 is 1. The van der Waals surface area contributed by atoms with Crippen LogP contribution in [0.15, 0.2) is 27.6 Å². The second kappa shape index (κ2) is 7.05. The highest BCUT2D eigenvalue weighted by atomic mass is 79.9. The zero-order valence-electron chi connectivity index (χ0n) is 12.3. The molecule has 0 aliphatic carbocycles. The summed E-state index contributed by atoms with van der Waals surface area (Å²) >= 11 is 3.36. The lowest BCUT2D eigenvalue weighted by molar-refractivity contribution is 0.334. The molecule has 2 aliphatic rings. The summed E-state index contributed by atoms with van der Waals surface area (Å²) in [6, 6.07) is 5.23. The van der Waals surface area contributed by atoms with Gasteiger partial charge in [0.2, 0.25) is 10.0 Å². The van der Waals surface area contributed by atoms with Crippen LogP contribution < -0.4 is 10.1 Å². The molecule has 5 nitrogen and oxygen atoms in total. The predicted octanol–water partition coefficient (Wildman–Crippen LogP) is 2.39. The molecule has 2 atom stereocenters. The Morgan fingerprint density at radius 3 is 2.73 bits per heavy atom. The minimum atomic E-state index is -3.52. The first-order valence-electron chi connectivity index (χ1n) is 7.12. The molecule has 1 aromatic rings. The van der Waals surface area contributed by atoms with E-state index >= 15 is 0 Å². The van der Waals surface area contributed by atoms with Crippen molar-refractivity contribution in [2.45, 2.75) is 36.2 Å². The van der Waals surface area contributed by atoms with E-state index in [0.29, 0.717) is 15.1 Å². The van der Waals surface area contributed by atoms with E-state index in [-0.39, 0.29) is 24.5 Å². The summed E-state index contributed by atoms with van der Waals surface area (Å²) in [6.45, 7) is 1.61. The topological polar surface area (TPSA) is 58.6 Å². The van der Waals surface area contributed by atoms with Crippen LogP contribution in [0.2, 0.25) is 0 Å². The van der Waals surface area contributed by atoms with Crippen molar-refractivity contribution in [1.82, 2.24) is 9.62 Å². The number of benzene rings is 1. The molecule has 2 aliphatic heterocycles. The second-order valence-electron chi connectivity index (χ2n) is 5.51. The van der Waals surface area contributed by atoms with Crippen LogP contribution in [-0.2, 0) is 10.0 Å². The molecule has 2 bridgehead atoms. The van der Waals surface area contributed by atoms with E-state index in [9.17, 15) is 8.42 Å². The van der Waals surface area contributed by atoms with Crippen molar-refractivity contribution >= 4 is 38.4 Å². The molecule has 2 saturated heterocycles. The monoisotopic (exact) mass is 410 g/mol. The van der Waals surface area contributed by atoms with Crippen molar-refractivity contribution in [3.05, 3.63) is 22.7 Å². The lowest BCUT2D eigenvalue weighted by atomic mass is 10.1. The third kappa shape index (κ3) is 3.14. The lowest BCUT2D eigenvalue weighted by Gasteiger charge is -2.27. The van der Waals surface area contributed by atoms with Gasteiger partial charge in [0.1, 0.15) is 10.6 Å². The summed E-state index contributed by atoms with van der Waals surface area (Å²) in [5.41, 5.74) is 0. The second-order valence-corrected chi connectivity index (χ2v) is 8.18. The molecule has 22 heavy (non-hydrogen) atoms. The Kier molecular flexibility index (Phi) is 5.77. The van der Waals surface area contributed by atoms with Gasteiger partial charge in [-0.25, -0.2) is 8.42 Å². The van der Waals surface area contributed by atoms with E-state index in [0.717, 1.165) is 32.4 Å². The van der Waals surface area contributed by atoms with Crippen LogP contribution in [0.4, 0.5) is 0 Å². The molecule has 0 aromatic heterocycles. The molecular formula is C14H20BrClN2O3S. The molecule has 2 unspecified atom stereocenters. The molecular weight excluding hydrogens is 392 g/mol. The normalized spacial score (nSPS) is 25.4. The van der Waals surface area contributed by atoms with Gasteiger partial charge in [0.05, 0.1) is 7.11 Å². The Labute approximate surface area is 146 Å². The largest absolute Gasteiger partial charge is 0.497 e. The van der Waals surface area contributed by atoms with Crippen molar-refractivity contribution in [2.24, 2.45) is 0 Å². The van der Waals surface area contributed by atoms with Crippen molar-refractivity contribution in [3.63, 3.8) is 0 Å². The maximum Gasteiger partial charge on any atom is 0.244 e. The van der Waals surface area contributed by atoms with Gasteiger partial charge in [-0.05, 0) is 53.9 Å². The van der Waals surface area contributed by atoms with Crippen molar-refractivity contribution < 1.29 is 13.2 Å². The summed E-state index contributed by atoms with van der Waals surface area (Å²) in [5, 5.41) is 3.33. The molecule has 8 heteroatoms. The van der Waals surface area contributed by atoms with Crippen LogP contribution in [0.1, 0.15) is 19.3 Å². The van der Waals surface area contributed by atoms with Crippen molar-refractivity contribution in [3.8, 4) is 5.75 Å². The van der Waals surface area contributed by atoms with E-state index in [1.165, 1.54) is 0 Å². The average molecular weight is 412 g/mol. The fourth-order valence-corrected chi connectivity index (χ4v) is 6.10. The number of ether oxygens (including phenoxy) is 1. The molecule has 3 rings (SSSR count). The zero-order chi connectivity index (χ0) is 15.0. The van der Waals surface area contributed by atoms with E-state index in [1.54, 1.807) is 29.6 Å². The standard InChI is InChI=1S/C14H19BrN2O3S.ClH/c1-20-12-4-5-13(15)14(8-12)21(18,19)17-10-2-3-11(17)9-16-7-6-10;/h4-5,8,10-11,16H,2-3,6-7,9H2,1H3;1H. The lowest BCUT2D eigenvalue weighted by Crippen LogP contribution is -2.42. The van der Waals surface area contributed by atoms with Gasteiger partial charge in [-0.3, -0.25) is 0 Å². The maximum atomic E-state index is 13.1. The maximum absolute atomic E-state index is 13.1. The van der Waals surface area contributed by atoms with Crippen LogP contribution in [0.3, 0.4) is 0 Å². The smallest absolute Gasteiger partial charge is 0.244 e. The molecule has 1 N–H and O–H groups in total. The Balaban J connectivity index is 0.00000176. The van der Waals surface area contributed by atoms with Crippen LogP contribution >= 0.6 is 28.3 Å². The van der Waals surface area contributed by atoms with Gasteiger partial charge in [0.15, 0.2) is 0 Å². The number of sulfonamides is 1. The van der Waals surface area contributed by atoms with E-state index in [2.05, 4.69) is 21.2 Å². The van der Waals surface area contributed by atoms with Gasteiger partial charge >= 0.3 is 0 Å². The fraction of sp³-hybridized carbons (Fsp3) is 0.571. The van der Waals surface area contributed by atoms with Gasteiger partial charge in [0, 0.05) is 29.2 Å². The number of fused-ring (bicyclic) bond motifs is 2. The molecule has 2 fully saturated rings. The number of rotatable bonds is 3. The Bertz CT molecular complexity index is 627. The van der Waals surface area contributed by atoms with Crippen LogP contribution in [0, 0.1) is 0 Å². The van der Waals surface area contributed by atoms with Gasteiger partial charge in [-0.15, -0.1) is 12.4 Å². The zero-order valence-corrected chi connectivity index (χ0v) is 15.5. The third-order valence-electron chi connectivity index (χ3n) is 4.28. The summed E-state index contributed by atoms with van der Waals surface area (Å²) in [5.74, 6) is 0.553. The number of hydrogen-bond acceptors (Lipinski definition) is 4. The SMILES string of the molecule is COc1ccc(Br)c(S(=O)(=O)N2C3CCNCC2CC3)c1.Cl. The Morgan fingerprint density at radius 2 is 2.00 bits per heavy atom. The number of nitrogens with zero attached hydrogens (tertiary/aromatic N) is 1. The molecule has 0 saturated carbocycles. The van der Waals surface area contributed by atoms with E-state index in [4.69, 9.17) is 4.74 Å². The summed E-state index contributed by atoms with van der Waals surface area (Å²) < 4.78 is 33.7. The highest BCUT2D eigenvalue weighted by molar-refractivity contribution is 9.10. The molecule has 0 radical (unpaired) electrons. The highest BCUT2D eigenvalue weighted by Crippen LogP contribution is 2.37. The van der Waals surface area contributed by atoms with Gasteiger partial charge < -0.3 is 10.1 Å². The summed E-state index contributed by atoms with van der Waals surface area (Å²) in [7, 11) is -1.98. The molecule has 0 spiro atoms. The van der Waals surface area contributed by atoms with Crippen molar-refractivity contribution in [1.29, 1.82) is 0 Å². The summed E-state index contributed by atoms with van der Waals surface area (Å²) in [6.07, 6.45) is 2.75. The Morgan fingerprint density at radius 1 is 1.27 bits per heavy atom. The molecule has 0 amide bonds. The predicted molar refractivity (Wildman–Crippen MR) is 91.3 cm³/mol. The quantitative estimate of drug-likeness (QED) is 0.830. The highest BCUT2D eigenvalue weighted by Gasteiger charge is 2.43. The molecule has 124 valence electrons. The molecule has 1 aromatic carbocycles. The van der Waals surface area contributed by atoms with Crippen LogP contribution in [-0.4, -0.2) is 45.0 Å². The van der Waals surface area contributed by atoms with E-state index in [1.807, 2.05) is 0 Å². The van der Waals surface area contributed by atoms with Gasteiger partial charge in [-0.2, -0.15) is 4.31 Å². The first-order chi connectivity index (χ1) is 10.0. The third-order valence-corrected chi connectivity index (χ3v) is 7.28. The fourth-order valence-electron chi connectivity index (χ4n) is 3.25. The number of nitrogens with one attached hydrogen (secondary N) is 1. The summed E-state index contributed by atoms with van der Waals surface area (Å²) in [4.78, 5) is 0.292. The van der Waals surface area contributed by atoms with Crippen LogP contribution in [0.5, 0.6) is 5.75 Å². The Hall–Kier alpha value is -0.340. The average Bonchev–Trinajstić information content (AvgIpc) is 2.73. The number of hydrogen-bond donors (Lipinski definition) is 1. The van der Waals surface area contributed by atoms with Gasteiger partial charge in [-0.1, -0.05) is 0 Å². The van der Waals surface area contributed by atoms with Crippen LogP contribution in [0.25, 0.3) is 0 Å². The minimum Gasteiger partial charge on any atom is -0.497 e. The minimum absolute atomic E-state index is 0. The number of halogens is 2. The van der Waals surface area contributed by atoms with E-state index < -0.39 is 10.0 Å². The molecule has 2 heterocycles. The van der Waals surface area contributed by atoms with Crippen molar-refractivity contribution in [2.75, 3.05) is 20.2 Å². The first-order valence-corrected chi connectivity index (χ1v) is 9.35.